The molecule has 2 aromatic rings. The minimum absolute atomic E-state index is 0.310. The Morgan fingerprint density at radius 1 is 1.00 bits per heavy atom. The van der Waals surface area contributed by atoms with Crippen molar-refractivity contribution in [1.82, 2.24) is 10.2 Å². The van der Waals surface area contributed by atoms with Crippen molar-refractivity contribution >= 4 is 23.5 Å². The second kappa shape index (κ2) is 8.03. The molecule has 27 heavy (non-hydrogen) atoms. The number of rotatable bonds is 6. The molecule has 0 aliphatic carbocycles. The van der Waals surface area contributed by atoms with E-state index in [2.05, 4.69) is 10.6 Å². The molecule has 3 rings (SSSR count). The number of anilines is 1. The van der Waals surface area contributed by atoms with Gasteiger partial charge in [-0.2, -0.15) is 0 Å². The first-order chi connectivity index (χ1) is 13.0. The highest BCUT2D eigenvalue weighted by molar-refractivity contribution is 6.08. The standard InChI is InChI=1S/C21H23N3O3/c1-3-14-11-8-12-15(4-2)18(14)22-17(25)13-24-20(26)19(23-21(24)27)16-9-6-5-7-10-16/h5-12,19H,3-4,13H2,1-2H3,(H,22,25)(H,23,27). The van der Waals surface area contributed by atoms with Crippen molar-refractivity contribution in [2.24, 2.45) is 0 Å². The highest BCUT2D eigenvalue weighted by Crippen LogP contribution is 2.24. The number of benzene rings is 2. The molecule has 140 valence electrons. The van der Waals surface area contributed by atoms with E-state index >= 15 is 0 Å². The fourth-order valence-corrected chi connectivity index (χ4v) is 3.27. The molecule has 2 N–H and O–H groups in total. The third-order valence-corrected chi connectivity index (χ3v) is 4.72. The summed E-state index contributed by atoms with van der Waals surface area (Å²) in [4.78, 5) is 38.3. The van der Waals surface area contributed by atoms with Crippen molar-refractivity contribution in [3.63, 3.8) is 0 Å². The summed E-state index contributed by atoms with van der Waals surface area (Å²) in [6.07, 6.45) is 1.56. The van der Waals surface area contributed by atoms with Gasteiger partial charge in [-0.1, -0.05) is 62.4 Å². The number of hydrogen-bond acceptors (Lipinski definition) is 3. The fourth-order valence-electron chi connectivity index (χ4n) is 3.27. The number of carbonyl (C=O) groups is 3. The molecule has 1 fully saturated rings. The third-order valence-electron chi connectivity index (χ3n) is 4.72. The van der Waals surface area contributed by atoms with E-state index in [1.165, 1.54) is 0 Å². The Morgan fingerprint density at radius 2 is 1.63 bits per heavy atom. The summed E-state index contributed by atoms with van der Waals surface area (Å²) >= 11 is 0. The lowest BCUT2D eigenvalue weighted by molar-refractivity contribution is -0.130. The summed E-state index contributed by atoms with van der Waals surface area (Å²) < 4.78 is 0. The van der Waals surface area contributed by atoms with E-state index in [1.807, 2.05) is 38.1 Å². The van der Waals surface area contributed by atoms with Gasteiger partial charge in [0.2, 0.25) is 5.91 Å². The number of imide groups is 1. The van der Waals surface area contributed by atoms with Crippen molar-refractivity contribution in [2.45, 2.75) is 32.7 Å². The van der Waals surface area contributed by atoms with E-state index < -0.39 is 18.0 Å². The van der Waals surface area contributed by atoms with Crippen LogP contribution in [0.25, 0.3) is 0 Å². The lowest BCUT2D eigenvalue weighted by Crippen LogP contribution is -2.38. The van der Waals surface area contributed by atoms with Crippen molar-refractivity contribution in [3.8, 4) is 0 Å². The highest BCUT2D eigenvalue weighted by Gasteiger charge is 2.39. The van der Waals surface area contributed by atoms with E-state index in [4.69, 9.17) is 0 Å². The van der Waals surface area contributed by atoms with Crippen LogP contribution in [0.3, 0.4) is 0 Å². The number of nitrogens with one attached hydrogen (secondary N) is 2. The number of amides is 4. The molecule has 0 saturated carbocycles. The maximum absolute atomic E-state index is 12.6. The summed E-state index contributed by atoms with van der Waals surface area (Å²) in [5.74, 6) is -0.802. The van der Waals surface area contributed by atoms with Gasteiger partial charge in [0.25, 0.3) is 5.91 Å². The Labute approximate surface area is 158 Å². The molecule has 1 unspecified atom stereocenters. The first-order valence-corrected chi connectivity index (χ1v) is 9.12. The Kier molecular flexibility index (Phi) is 5.54. The third kappa shape index (κ3) is 3.84. The second-order valence-corrected chi connectivity index (χ2v) is 6.42. The van der Waals surface area contributed by atoms with E-state index in [0.717, 1.165) is 34.6 Å². The Morgan fingerprint density at radius 3 is 2.22 bits per heavy atom. The van der Waals surface area contributed by atoms with Crippen molar-refractivity contribution < 1.29 is 14.4 Å². The van der Waals surface area contributed by atoms with Gasteiger partial charge >= 0.3 is 6.03 Å². The quantitative estimate of drug-likeness (QED) is 0.773. The number of urea groups is 1. The van der Waals surface area contributed by atoms with E-state index in [0.29, 0.717) is 5.56 Å². The molecule has 1 aliphatic rings. The number of aryl methyl sites for hydroxylation is 2. The van der Waals surface area contributed by atoms with Crippen molar-refractivity contribution in [3.05, 3.63) is 65.2 Å². The largest absolute Gasteiger partial charge is 0.325 e. The first-order valence-electron chi connectivity index (χ1n) is 9.12. The van der Waals surface area contributed by atoms with Crippen LogP contribution in [0.2, 0.25) is 0 Å². The zero-order chi connectivity index (χ0) is 19.4. The topological polar surface area (TPSA) is 78.5 Å². The zero-order valence-electron chi connectivity index (χ0n) is 15.5. The molecule has 6 nitrogen and oxygen atoms in total. The van der Waals surface area contributed by atoms with Crippen molar-refractivity contribution in [2.75, 3.05) is 11.9 Å². The van der Waals surface area contributed by atoms with Crippen LogP contribution in [0.5, 0.6) is 0 Å². The molecule has 1 aliphatic heterocycles. The molecule has 0 bridgehead atoms. The first kappa shape index (κ1) is 18.6. The average Bonchev–Trinajstić information content (AvgIpc) is 2.97. The highest BCUT2D eigenvalue weighted by atomic mass is 16.2. The van der Waals surface area contributed by atoms with Gasteiger partial charge in [-0.15, -0.1) is 0 Å². The van der Waals surface area contributed by atoms with Crippen LogP contribution in [0.15, 0.2) is 48.5 Å². The van der Waals surface area contributed by atoms with Gasteiger partial charge in [-0.25, -0.2) is 4.79 Å². The van der Waals surface area contributed by atoms with Gasteiger partial charge in [-0.05, 0) is 29.5 Å². The summed E-state index contributed by atoms with van der Waals surface area (Å²) in [7, 11) is 0. The Balaban J connectivity index is 1.73. The molecule has 0 radical (unpaired) electrons. The number of carbonyl (C=O) groups excluding carboxylic acids is 3. The average molecular weight is 365 g/mol. The normalized spacial score (nSPS) is 16.4. The van der Waals surface area contributed by atoms with Crippen molar-refractivity contribution in [1.29, 1.82) is 0 Å². The second-order valence-electron chi connectivity index (χ2n) is 6.42. The van der Waals surface area contributed by atoms with Crippen LogP contribution < -0.4 is 10.6 Å². The molecular formula is C21H23N3O3. The Hall–Kier alpha value is -3.15. The number of nitrogens with zero attached hydrogens (tertiary/aromatic N) is 1. The Bertz CT molecular complexity index is 842. The summed E-state index contributed by atoms with van der Waals surface area (Å²) in [5.41, 5.74) is 3.53. The molecular weight excluding hydrogens is 342 g/mol. The number of hydrogen-bond donors (Lipinski definition) is 2. The van der Waals surface area contributed by atoms with Crippen LogP contribution >= 0.6 is 0 Å². The predicted molar refractivity (Wildman–Crippen MR) is 103 cm³/mol. The zero-order valence-corrected chi connectivity index (χ0v) is 15.5. The van der Waals surface area contributed by atoms with Gasteiger partial charge in [0.15, 0.2) is 0 Å². The monoisotopic (exact) mass is 365 g/mol. The van der Waals surface area contributed by atoms with Crippen LogP contribution in [-0.4, -0.2) is 29.3 Å². The summed E-state index contributed by atoms with van der Waals surface area (Å²) in [6, 6.07) is 13.6. The van der Waals surface area contributed by atoms with E-state index in [9.17, 15) is 14.4 Å². The summed E-state index contributed by atoms with van der Waals surface area (Å²) in [5, 5.41) is 5.53. The van der Waals surface area contributed by atoms with Crippen LogP contribution in [0.1, 0.15) is 36.6 Å². The van der Waals surface area contributed by atoms with Crippen LogP contribution in [-0.2, 0) is 22.4 Å². The van der Waals surface area contributed by atoms with Gasteiger partial charge in [0, 0.05) is 5.69 Å². The van der Waals surface area contributed by atoms with Crippen LogP contribution in [0.4, 0.5) is 10.5 Å². The van der Waals surface area contributed by atoms with Gasteiger partial charge in [0.05, 0.1) is 0 Å². The van der Waals surface area contributed by atoms with Crippen LogP contribution in [0, 0.1) is 0 Å². The smallest absolute Gasteiger partial charge is 0.324 e. The minimum atomic E-state index is -0.749. The molecule has 6 heteroatoms. The summed E-state index contributed by atoms with van der Waals surface area (Å²) in [6.45, 7) is 3.73. The SMILES string of the molecule is CCc1cccc(CC)c1NC(=O)CN1C(=O)NC(c2ccccc2)C1=O. The van der Waals surface area contributed by atoms with Gasteiger partial charge in [-0.3, -0.25) is 14.5 Å². The molecule has 0 aromatic heterocycles. The van der Waals surface area contributed by atoms with Gasteiger partial charge in [0.1, 0.15) is 12.6 Å². The molecule has 0 spiro atoms. The van der Waals surface area contributed by atoms with E-state index in [1.54, 1.807) is 24.3 Å². The maximum atomic E-state index is 12.6. The molecule has 1 heterocycles. The lowest BCUT2D eigenvalue weighted by Gasteiger charge is -2.17. The molecule has 1 saturated heterocycles. The van der Waals surface area contributed by atoms with E-state index in [-0.39, 0.29) is 12.5 Å². The molecule has 4 amide bonds. The molecule has 1 atom stereocenters. The fraction of sp³-hybridized carbons (Fsp3) is 0.286. The maximum Gasteiger partial charge on any atom is 0.325 e. The predicted octanol–water partition coefficient (Wildman–Crippen LogP) is 3.04. The molecule has 2 aromatic carbocycles. The minimum Gasteiger partial charge on any atom is -0.324 e. The number of para-hydroxylation sites is 1. The van der Waals surface area contributed by atoms with Gasteiger partial charge < -0.3 is 10.6 Å². The lowest BCUT2D eigenvalue weighted by atomic mass is 10.0.